The van der Waals surface area contributed by atoms with E-state index in [1.807, 2.05) is 19.2 Å². The van der Waals surface area contributed by atoms with Crippen molar-refractivity contribution in [2.45, 2.75) is 53.2 Å². The van der Waals surface area contributed by atoms with Crippen LogP contribution >= 0.6 is 0 Å². The molecule has 1 aromatic heterocycles. The molecular weight excluding hydrogens is 384 g/mol. The number of carbonyl (C=O) groups excluding carboxylic acids is 1. The fraction of sp³-hybridized carbons (Fsp3) is 0.500. The third-order valence-electron chi connectivity index (χ3n) is 7.37. The first-order chi connectivity index (χ1) is 14.9. The number of fused-ring (bicyclic) bond motifs is 2. The molecular formula is C26H32N4O. The van der Waals surface area contributed by atoms with Crippen molar-refractivity contribution in [1.82, 2.24) is 14.8 Å². The van der Waals surface area contributed by atoms with E-state index in [0.29, 0.717) is 30.8 Å². The van der Waals surface area contributed by atoms with Crippen LogP contribution < -0.4 is 0 Å². The van der Waals surface area contributed by atoms with E-state index in [2.05, 4.69) is 53.8 Å². The summed E-state index contributed by atoms with van der Waals surface area (Å²) >= 11 is 0. The molecule has 0 N–H and O–H groups in total. The minimum Gasteiger partial charge on any atom is -0.333 e. The highest BCUT2D eigenvalue weighted by Crippen LogP contribution is 2.34. The van der Waals surface area contributed by atoms with Gasteiger partial charge < -0.3 is 9.80 Å². The van der Waals surface area contributed by atoms with Gasteiger partial charge in [0.15, 0.2) is 0 Å². The Labute approximate surface area is 185 Å². The molecule has 3 aliphatic rings. The lowest BCUT2D eigenvalue weighted by Gasteiger charge is -2.37. The highest BCUT2D eigenvalue weighted by atomic mass is 16.2. The molecule has 5 nitrogen and oxygen atoms in total. The van der Waals surface area contributed by atoms with Gasteiger partial charge in [0.1, 0.15) is 0 Å². The smallest absolute Gasteiger partial charge is 0.227 e. The molecule has 31 heavy (non-hydrogen) atoms. The average Bonchev–Trinajstić information content (AvgIpc) is 3.36. The van der Waals surface area contributed by atoms with E-state index in [1.165, 1.54) is 22.3 Å². The number of hydrogen-bond acceptors (Lipinski definition) is 4. The maximum atomic E-state index is 13.2. The van der Waals surface area contributed by atoms with Crippen molar-refractivity contribution in [1.29, 1.82) is 0 Å². The Kier molecular flexibility index (Phi) is 5.17. The summed E-state index contributed by atoms with van der Waals surface area (Å²) in [5.41, 5.74) is 8.13. The molecule has 5 rings (SSSR count). The monoisotopic (exact) mass is 416 g/mol. The normalized spacial score (nSPS) is 23.3. The Bertz CT molecular complexity index is 1060. The Morgan fingerprint density at radius 3 is 2.71 bits per heavy atom. The molecule has 0 bridgehead atoms. The molecule has 0 saturated carbocycles. The number of carbonyl (C=O) groups is 1. The molecule has 2 atom stereocenters. The second-order valence-corrected chi connectivity index (χ2v) is 9.65. The molecule has 162 valence electrons. The molecule has 0 radical (unpaired) electrons. The number of likely N-dealkylation sites (tertiary alicyclic amines) is 1. The van der Waals surface area contributed by atoms with Crippen molar-refractivity contribution in [3.05, 3.63) is 64.0 Å². The number of pyridine rings is 1. The zero-order chi connectivity index (χ0) is 21.7. The van der Waals surface area contributed by atoms with Gasteiger partial charge in [-0.15, -0.1) is 0 Å². The van der Waals surface area contributed by atoms with Gasteiger partial charge in [-0.05, 0) is 60.2 Å². The first-order valence-corrected chi connectivity index (χ1v) is 11.6. The summed E-state index contributed by atoms with van der Waals surface area (Å²) in [7, 11) is 0. The van der Waals surface area contributed by atoms with E-state index in [-0.39, 0.29) is 5.91 Å². The fourth-order valence-electron chi connectivity index (χ4n) is 5.57. The zero-order valence-corrected chi connectivity index (χ0v) is 19.1. The van der Waals surface area contributed by atoms with Crippen molar-refractivity contribution < 1.29 is 4.79 Å². The first kappa shape index (κ1) is 20.4. The Morgan fingerprint density at radius 2 is 1.97 bits per heavy atom. The molecule has 2 aromatic rings. The van der Waals surface area contributed by atoms with Gasteiger partial charge in [0.2, 0.25) is 5.91 Å². The highest BCUT2D eigenvalue weighted by molar-refractivity contribution is 6.15. The lowest BCUT2D eigenvalue weighted by Crippen LogP contribution is -2.48. The maximum absolute atomic E-state index is 13.2. The van der Waals surface area contributed by atoms with E-state index >= 15 is 0 Å². The predicted octanol–water partition coefficient (Wildman–Crippen LogP) is 3.60. The van der Waals surface area contributed by atoms with E-state index in [1.54, 1.807) is 0 Å². The number of rotatable bonds is 4. The lowest BCUT2D eigenvalue weighted by molar-refractivity contribution is -0.135. The van der Waals surface area contributed by atoms with Crippen molar-refractivity contribution in [3.8, 4) is 0 Å². The Morgan fingerprint density at radius 1 is 1.13 bits per heavy atom. The summed E-state index contributed by atoms with van der Waals surface area (Å²) in [6.45, 7) is 13.4. The van der Waals surface area contributed by atoms with Crippen LogP contribution in [-0.4, -0.2) is 52.1 Å². The standard InChI is InChI=1S/C26H32N4O/c1-5-29-14-23(16(2)3)24(15-29)30-13-21-10-22-20(9-19(21)11-25(30)31)12-28-26(22)18-6-7-27-17(4)8-18/h6-10,16,23-24H,5,11-15H2,1-4H3/t23-,24+/m0/s1. The van der Waals surface area contributed by atoms with Gasteiger partial charge in [-0.3, -0.25) is 14.8 Å². The van der Waals surface area contributed by atoms with Crippen molar-refractivity contribution in [2.75, 3.05) is 19.6 Å². The second-order valence-electron chi connectivity index (χ2n) is 9.65. The fourth-order valence-corrected chi connectivity index (χ4v) is 5.57. The quantitative estimate of drug-likeness (QED) is 0.765. The SMILES string of the molecule is CCN1C[C@@H](N2Cc3cc4c(cc3CC2=O)CN=C4c2ccnc(C)c2)[C@H](C(C)C)C1. The maximum Gasteiger partial charge on any atom is 0.227 e. The topological polar surface area (TPSA) is 48.8 Å². The van der Waals surface area contributed by atoms with E-state index in [4.69, 9.17) is 4.99 Å². The second kappa shape index (κ2) is 7.86. The summed E-state index contributed by atoms with van der Waals surface area (Å²) in [6.07, 6.45) is 2.37. The molecule has 3 aliphatic heterocycles. The number of aliphatic imine (C=N–C) groups is 1. The molecule has 1 saturated heterocycles. The van der Waals surface area contributed by atoms with Gasteiger partial charge in [0.25, 0.3) is 0 Å². The van der Waals surface area contributed by atoms with E-state index in [0.717, 1.165) is 43.1 Å². The Hall–Kier alpha value is -2.53. The minimum absolute atomic E-state index is 0.282. The van der Waals surface area contributed by atoms with Crippen molar-refractivity contribution in [3.63, 3.8) is 0 Å². The summed E-state index contributed by atoms with van der Waals surface area (Å²) in [5.74, 6) is 1.39. The van der Waals surface area contributed by atoms with Crippen LogP contribution in [0.1, 0.15) is 54.3 Å². The third-order valence-corrected chi connectivity index (χ3v) is 7.37. The van der Waals surface area contributed by atoms with Crippen LogP contribution in [0.5, 0.6) is 0 Å². The van der Waals surface area contributed by atoms with Crippen LogP contribution in [0.25, 0.3) is 0 Å². The first-order valence-electron chi connectivity index (χ1n) is 11.6. The predicted molar refractivity (Wildman–Crippen MR) is 123 cm³/mol. The largest absolute Gasteiger partial charge is 0.333 e. The Balaban J connectivity index is 1.46. The zero-order valence-electron chi connectivity index (χ0n) is 19.1. The number of amides is 1. The summed E-state index contributed by atoms with van der Waals surface area (Å²) < 4.78 is 0. The van der Waals surface area contributed by atoms with Crippen LogP contribution in [0.3, 0.4) is 0 Å². The van der Waals surface area contributed by atoms with E-state index < -0.39 is 0 Å². The van der Waals surface area contributed by atoms with Crippen LogP contribution in [0, 0.1) is 18.8 Å². The van der Waals surface area contributed by atoms with Crippen LogP contribution in [0.4, 0.5) is 0 Å². The summed E-state index contributed by atoms with van der Waals surface area (Å²) in [5, 5.41) is 0. The molecule has 1 aromatic carbocycles. The molecule has 4 heterocycles. The van der Waals surface area contributed by atoms with Gasteiger partial charge in [-0.25, -0.2) is 0 Å². The van der Waals surface area contributed by atoms with Crippen LogP contribution in [-0.2, 0) is 24.3 Å². The minimum atomic E-state index is 0.282. The number of aryl methyl sites for hydroxylation is 1. The average molecular weight is 417 g/mol. The number of likely N-dealkylation sites (N-methyl/N-ethyl adjacent to an activating group) is 1. The number of benzene rings is 1. The van der Waals surface area contributed by atoms with Gasteiger partial charge in [-0.1, -0.05) is 26.8 Å². The van der Waals surface area contributed by atoms with Gasteiger partial charge in [0, 0.05) is 48.7 Å². The van der Waals surface area contributed by atoms with Crippen LogP contribution in [0.2, 0.25) is 0 Å². The molecule has 0 unspecified atom stereocenters. The third kappa shape index (κ3) is 3.59. The highest BCUT2D eigenvalue weighted by Gasteiger charge is 2.41. The molecule has 0 spiro atoms. The summed E-state index contributed by atoms with van der Waals surface area (Å²) in [4.78, 5) is 27.1. The van der Waals surface area contributed by atoms with Gasteiger partial charge >= 0.3 is 0 Å². The molecule has 1 fully saturated rings. The van der Waals surface area contributed by atoms with E-state index in [9.17, 15) is 4.79 Å². The number of nitrogens with zero attached hydrogens (tertiary/aromatic N) is 4. The lowest BCUT2D eigenvalue weighted by atomic mass is 9.87. The van der Waals surface area contributed by atoms with Crippen molar-refractivity contribution >= 4 is 11.6 Å². The summed E-state index contributed by atoms with van der Waals surface area (Å²) in [6, 6.07) is 9.00. The number of hydrogen-bond donors (Lipinski definition) is 0. The molecule has 5 heteroatoms. The van der Waals surface area contributed by atoms with Crippen molar-refractivity contribution in [2.24, 2.45) is 16.8 Å². The van der Waals surface area contributed by atoms with Crippen LogP contribution in [0.15, 0.2) is 35.5 Å². The van der Waals surface area contributed by atoms with Gasteiger partial charge in [-0.2, -0.15) is 0 Å². The number of aromatic nitrogens is 1. The van der Waals surface area contributed by atoms with Gasteiger partial charge in [0.05, 0.1) is 18.7 Å². The molecule has 0 aliphatic carbocycles. The molecule has 1 amide bonds.